The third-order valence-electron chi connectivity index (χ3n) is 4.13. The molecule has 0 spiro atoms. The molecule has 5 heteroatoms. The van der Waals surface area contributed by atoms with Crippen LogP contribution in [-0.2, 0) is 0 Å². The predicted molar refractivity (Wildman–Crippen MR) is 95.7 cm³/mol. The molecule has 1 aliphatic carbocycles. The van der Waals surface area contributed by atoms with Gasteiger partial charge in [0.25, 0.3) is 5.78 Å². The highest BCUT2D eigenvalue weighted by atomic mass is 15.4. The zero-order valence-corrected chi connectivity index (χ0v) is 14.3. The van der Waals surface area contributed by atoms with Crippen LogP contribution in [0.3, 0.4) is 0 Å². The summed E-state index contributed by atoms with van der Waals surface area (Å²) in [5.74, 6) is 1.80. The summed E-state index contributed by atoms with van der Waals surface area (Å²) in [6.45, 7) is 4.11. The number of allylic oxidation sites excluding steroid dienone is 8. The maximum Gasteiger partial charge on any atom is 0.271 e. The molecule has 1 unspecified atom stereocenters. The molecule has 1 atom stereocenters. The van der Waals surface area contributed by atoms with Crippen LogP contribution in [0.15, 0.2) is 54.3 Å². The quantitative estimate of drug-likeness (QED) is 0.752. The van der Waals surface area contributed by atoms with Gasteiger partial charge in [0.15, 0.2) is 5.82 Å². The fraction of sp³-hybridized carbons (Fsp3) is 0.368. The van der Waals surface area contributed by atoms with Crippen LogP contribution < -0.4 is 0 Å². The number of aromatic nitrogens is 5. The molecule has 0 saturated heterocycles. The third-order valence-corrected chi connectivity index (χ3v) is 4.13. The normalized spacial score (nSPS) is 21.5. The minimum absolute atomic E-state index is 0.320. The van der Waals surface area contributed by atoms with Crippen molar-refractivity contribution in [3.63, 3.8) is 0 Å². The fourth-order valence-corrected chi connectivity index (χ4v) is 2.78. The van der Waals surface area contributed by atoms with Crippen molar-refractivity contribution in [2.24, 2.45) is 0 Å². The summed E-state index contributed by atoms with van der Waals surface area (Å²) in [6, 6.07) is 0. The molecular formula is C19H23N5. The Morgan fingerprint density at radius 3 is 2.79 bits per heavy atom. The molecule has 0 N–H and O–H groups in total. The molecule has 0 aromatic carbocycles. The highest BCUT2D eigenvalue weighted by Crippen LogP contribution is 2.21. The van der Waals surface area contributed by atoms with Gasteiger partial charge >= 0.3 is 0 Å². The van der Waals surface area contributed by atoms with Gasteiger partial charge in [-0.1, -0.05) is 55.9 Å². The van der Waals surface area contributed by atoms with Gasteiger partial charge in [-0.15, -0.1) is 10.2 Å². The Bertz CT molecular complexity index is 810. The van der Waals surface area contributed by atoms with Crippen molar-refractivity contribution < 1.29 is 0 Å². The lowest BCUT2D eigenvalue weighted by Gasteiger charge is -2.09. The van der Waals surface area contributed by atoms with Crippen molar-refractivity contribution in [2.45, 2.75) is 45.4 Å². The molecule has 0 bridgehead atoms. The van der Waals surface area contributed by atoms with Crippen molar-refractivity contribution in [3.8, 4) is 0 Å². The summed E-state index contributed by atoms with van der Waals surface area (Å²) in [6.07, 6.45) is 20.9. The third kappa shape index (κ3) is 4.04. The minimum atomic E-state index is 0.320. The van der Waals surface area contributed by atoms with Gasteiger partial charge in [0.1, 0.15) is 0 Å². The molecule has 5 nitrogen and oxygen atoms in total. The second kappa shape index (κ2) is 7.81. The molecule has 0 fully saturated rings. The molecule has 124 valence electrons. The number of aryl methyl sites for hydroxylation is 1. The molecular weight excluding hydrogens is 298 g/mol. The number of nitrogens with zero attached hydrogens (tertiary/aromatic N) is 5. The van der Waals surface area contributed by atoms with E-state index >= 15 is 0 Å². The van der Waals surface area contributed by atoms with E-state index in [1.54, 1.807) is 10.7 Å². The Hall–Kier alpha value is -2.56. The second-order valence-electron chi connectivity index (χ2n) is 6.19. The van der Waals surface area contributed by atoms with Crippen LogP contribution in [0.5, 0.6) is 0 Å². The van der Waals surface area contributed by atoms with Crippen LogP contribution >= 0.6 is 0 Å². The summed E-state index contributed by atoms with van der Waals surface area (Å²) in [5.41, 5.74) is 2.25. The molecule has 3 rings (SSSR count). The lowest BCUT2D eigenvalue weighted by atomic mass is 10.00. The van der Waals surface area contributed by atoms with E-state index in [0.717, 1.165) is 30.8 Å². The van der Waals surface area contributed by atoms with Gasteiger partial charge in [-0.3, -0.25) is 0 Å². The van der Waals surface area contributed by atoms with Crippen molar-refractivity contribution in [1.82, 2.24) is 24.8 Å². The molecule has 24 heavy (non-hydrogen) atoms. The van der Waals surface area contributed by atoms with Crippen LogP contribution in [0.1, 0.15) is 50.0 Å². The number of rotatable bonds is 6. The summed E-state index contributed by atoms with van der Waals surface area (Å²) in [4.78, 5) is 4.26. The first-order chi connectivity index (χ1) is 11.7. The van der Waals surface area contributed by atoms with Gasteiger partial charge in [0, 0.05) is 5.92 Å². The number of hydrogen-bond acceptors (Lipinski definition) is 4. The zero-order chi connectivity index (χ0) is 16.8. The van der Waals surface area contributed by atoms with E-state index < -0.39 is 0 Å². The Labute approximate surface area is 142 Å². The number of fused-ring (bicyclic) bond motifs is 1. The van der Waals surface area contributed by atoms with Crippen LogP contribution in [0.2, 0.25) is 0 Å². The standard InChI is InChI=1S/C19H23N5/c1-15(18-21-22-19-20-14-16(2)23-24(18)19)10-8-9-13-17-11-6-4-3-5-7-12-17/h3-7,11-12,14-15H,8-10,13H2,1-2H3/b4-3-,5-3?,6-4?,7-5-,11-6-,12-7?,17-11?,17-12+. The van der Waals surface area contributed by atoms with Crippen molar-refractivity contribution in [2.75, 3.05) is 0 Å². The van der Waals surface area contributed by atoms with E-state index in [2.05, 4.69) is 63.7 Å². The van der Waals surface area contributed by atoms with E-state index in [4.69, 9.17) is 0 Å². The van der Waals surface area contributed by atoms with Gasteiger partial charge in [-0.2, -0.15) is 9.61 Å². The highest BCUT2D eigenvalue weighted by molar-refractivity contribution is 5.30. The van der Waals surface area contributed by atoms with Crippen molar-refractivity contribution in [1.29, 1.82) is 0 Å². The van der Waals surface area contributed by atoms with E-state index in [-0.39, 0.29) is 0 Å². The maximum atomic E-state index is 4.47. The molecule has 0 saturated carbocycles. The molecule has 2 heterocycles. The number of unbranched alkanes of at least 4 members (excludes halogenated alkanes) is 1. The first kappa shape index (κ1) is 16.3. The zero-order valence-electron chi connectivity index (χ0n) is 14.3. The molecule has 0 radical (unpaired) electrons. The Morgan fingerprint density at radius 1 is 1.04 bits per heavy atom. The average molecular weight is 321 g/mol. The Morgan fingerprint density at radius 2 is 1.88 bits per heavy atom. The lowest BCUT2D eigenvalue weighted by molar-refractivity contribution is 0.566. The van der Waals surface area contributed by atoms with Gasteiger partial charge < -0.3 is 0 Å². The average Bonchev–Trinajstić information content (AvgIpc) is 2.95. The monoisotopic (exact) mass is 321 g/mol. The summed E-state index contributed by atoms with van der Waals surface area (Å²) in [5, 5.41) is 12.9. The minimum Gasteiger partial charge on any atom is -0.216 e. The van der Waals surface area contributed by atoms with Crippen molar-refractivity contribution in [3.05, 3.63) is 65.8 Å². The van der Waals surface area contributed by atoms with Gasteiger partial charge in [0.05, 0.1) is 11.9 Å². The number of hydrogen-bond donors (Lipinski definition) is 0. The van der Waals surface area contributed by atoms with Crippen LogP contribution in [0.25, 0.3) is 5.78 Å². The topological polar surface area (TPSA) is 56.0 Å². The van der Waals surface area contributed by atoms with E-state index in [1.165, 1.54) is 12.0 Å². The summed E-state index contributed by atoms with van der Waals surface area (Å²) in [7, 11) is 0. The van der Waals surface area contributed by atoms with Crippen LogP contribution in [0, 0.1) is 6.92 Å². The molecule has 0 aliphatic heterocycles. The van der Waals surface area contributed by atoms with E-state index in [0.29, 0.717) is 11.7 Å². The first-order valence-electron chi connectivity index (χ1n) is 8.49. The summed E-state index contributed by atoms with van der Waals surface area (Å²) >= 11 is 0. The fourth-order valence-electron chi connectivity index (χ4n) is 2.78. The van der Waals surface area contributed by atoms with Gasteiger partial charge in [-0.05, 0) is 31.8 Å². The second-order valence-corrected chi connectivity index (χ2v) is 6.19. The molecule has 0 amide bonds. The molecule has 2 aromatic heterocycles. The van der Waals surface area contributed by atoms with Crippen LogP contribution in [0.4, 0.5) is 0 Å². The Balaban J connectivity index is 1.53. The van der Waals surface area contributed by atoms with Crippen LogP contribution in [-0.4, -0.2) is 24.8 Å². The predicted octanol–water partition coefficient (Wildman–Crippen LogP) is 4.10. The smallest absolute Gasteiger partial charge is 0.216 e. The maximum absolute atomic E-state index is 4.47. The Kier molecular flexibility index (Phi) is 5.31. The van der Waals surface area contributed by atoms with E-state index in [9.17, 15) is 0 Å². The summed E-state index contributed by atoms with van der Waals surface area (Å²) < 4.78 is 1.77. The highest BCUT2D eigenvalue weighted by Gasteiger charge is 2.15. The van der Waals surface area contributed by atoms with Gasteiger partial charge in [0.2, 0.25) is 0 Å². The first-order valence-corrected chi connectivity index (χ1v) is 8.49. The molecule has 2 aromatic rings. The largest absolute Gasteiger partial charge is 0.271 e. The van der Waals surface area contributed by atoms with Crippen molar-refractivity contribution >= 4 is 5.78 Å². The molecule has 1 aliphatic rings. The lowest BCUT2D eigenvalue weighted by Crippen LogP contribution is -2.05. The van der Waals surface area contributed by atoms with Gasteiger partial charge in [-0.25, -0.2) is 4.98 Å². The van der Waals surface area contributed by atoms with E-state index in [1.807, 2.05) is 13.0 Å². The SMILES string of the molecule is Cc1cnc2nnc(C(C)CCCCC3=C/C=C\C=C/C=C\3)n2n1.